The van der Waals surface area contributed by atoms with Gasteiger partial charge in [-0.25, -0.2) is 0 Å². The van der Waals surface area contributed by atoms with Crippen molar-refractivity contribution in [2.24, 2.45) is 0 Å². The molecule has 4 heteroatoms. The van der Waals surface area contributed by atoms with E-state index in [0.717, 1.165) is 0 Å². The van der Waals surface area contributed by atoms with Crippen LogP contribution in [0.25, 0.3) is 0 Å². The predicted molar refractivity (Wildman–Crippen MR) is 5.40 cm³/mol. The first-order valence-corrected chi connectivity index (χ1v) is 0.612. The van der Waals surface area contributed by atoms with Crippen LogP contribution in [-0.4, -0.2) is 6.16 Å². The molecule has 0 fully saturated rings. The van der Waals surface area contributed by atoms with Crippen LogP contribution in [0.2, 0.25) is 0 Å². The lowest BCUT2D eigenvalue weighted by atomic mass is 11.5. The third-order valence-corrected chi connectivity index (χ3v) is 0. The fraction of sp³-hybridized carbons (Fsp3) is 0. The topological polar surface area (TPSA) is 63.2 Å². The number of halogens is 1. The largest absolute Gasteiger partial charge is 1.00 e. The Labute approximate surface area is 34.6 Å². The van der Waals surface area contributed by atoms with Crippen molar-refractivity contribution in [2.75, 3.05) is 0 Å². The van der Waals surface area contributed by atoms with Crippen molar-refractivity contribution in [3.05, 3.63) is 0 Å². The fourth-order valence-electron chi connectivity index (χ4n) is 0. The highest BCUT2D eigenvalue weighted by Gasteiger charge is 1.26. The van der Waals surface area contributed by atoms with Crippen LogP contribution in [-0.2, 0) is 0 Å². The molecule has 0 aromatic heterocycles. The van der Waals surface area contributed by atoms with Gasteiger partial charge in [-0.3, -0.25) is 0 Å². The van der Waals surface area contributed by atoms with Crippen molar-refractivity contribution in [1.29, 1.82) is 0 Å². The number of rotatable bonds is 0. The van der Waals surface area contributed by atoms with E-state index in [1.807, 2.05) is 0 Å². The van der Waals surface area contributed by atoms with Crippen molar-refractivity contribution in [1.82, 2.24) is 0 Å². The maximum atomic E-state index is 8.33. The summed E-state index contributed by atoms with van der Waals surface area (Å²) >= 11 is 0. The molecule has 32 valence electrons. The molecule has 0 atom stereocenters. The maximum absolute atomic E-state index is 8.33. The predicted octanol–water partition coefficient (Wildman–Crippen LogP) is -5.44. The molecule has 0 saturated carbocycles. The number of carbonyl (C=O) groups is 1. The lowest BCUT2D eigenvalue weighted by Crippen LogP contribution is -3.00. The van der Waals surface area contributed by atoms with E-state index in [9.17, 15) is 0 Å². The van der Waals surface area contributed by atoms with Crippen molar-refractivity contribution in [2.45, 2.75) is 0 Å². The summed E-state index contributed by atoms with van der Waals surface area (Å²) in [7, 11) is 0. The molecule has 5 heavy (non-hydrogen) atoms. The zero-order chi connectivity index (χ0) is 3.58. The summed E-state index contributed by atoms with van der Waals surface area (Å²) in [5.41, 5.74) is 0. The van der Waals surface area contributed by atoms with Gasteiger partial charge in [-0.1, -0.05) is 0 Å². The van der Waals surface area contributed by atoms with Gasteiger partial charge in [0.05, 0.1) is 0 Å². The molecular weight excluding hydrogens is 95.5 g/mol. The summed E-state index contributed by atoms with van der Waals surface area (Å²) in [5, 5.41) is 16.7. The Hall–Kier alpha value is -0.440. The summed E-state index contributed by atoms with van der Waals surface area (Å²) in [5.74, 6) is 0. The Morgan fingerprint density at radius 1 is 1.40 bits per heavy atom. The molecule has 0 amide bonds. The van der Waals surface area contributed by atoms with Crippen LogP contribution < -0.4 is 22.6 Å². The van der Waals surface area contributed by atoms with Gasteiger partial charge in [0.1, 0.15) is 0 Å². The second-order valence-corrected chi connectivity index (χ2v) is 0.250. The average Bonchev–Trinajstić information content (AvgIpc) is 0.811. The molecule has 0 rings (SSSR count). The molecule has 0 aliphatic heterocycles. The fourth-order valence-corrected chi connectivity index (χ4v) is 0. The number of hydrogen-bond donors (Lipinski definition) is 0. The summed E-state index contributed by atoms with van der Waals surface area (Å²) in [6, 6.07) is 0. The summed E-state index contributed by atoms with van der Waals surface area (Å²) in [6.07, 6.45) is -2.33. The maximum Gasteiger partial charge on any atom is -0.0431 e. The molecule has 0 aliphatic carbocycles. The molecule has 0 heterocycles. The SMILES string of the molecule is O=C([O-])[O-].[Cl-]. The minimum Gasteiger partial charge on any atom is -1.00 e. The highest BCUT2D eigenvalue weighted by molar-refractivity contribution is 5.47. The van der Waals surface area contributed by atoms with E-state index in [0.29, 0.717) is 0 Å². The van der Waals surface area contributed by atoms with Gasteiger partial charge in [0.2, 0.25) is 0 Å². The lowest BCUT2D eigenvalue weighted by molar-refractivity contribution is -0.415. The quantitative estimate of drug-likeness (QED) is 0.302. The van der Waals surface area contributed by atoms with Gasteiger partial charge in [-0.15, -0.1) is 0 Å². The zero-order valence-corrected chi connectivity index (χ0v) is 2.86. The first-order chi connectivity index (χ1) is 1.73. The van der Waals surface area contributed by atoms with E-state index in [1.165, 1.54) is 0 Å². The van der Waals surface area contributed by atoms with E-state index >= 15 is 0 Å². The highest BCUT2D eigenvalue weighted by atomic mass is 35.5. The molecule has 0 N–H and O–H groups in total. The summed E-state index contributed by atoms with van der Waals surface area (Å²) in [6.45, 7) is 0. The second kappa shape index (κ2) is 3.56. The Kier molecular flexibility index (Phi) is 6.28. The first-order valence-electron chi connectivity index (χ1n) is 0.612. The van der Waals surface area contributed by atoms with Gasteiger partial charge in [0.15, 0.2) is 0 Å². The van der Waals surface area contributed by atoms with Gasteiger partial charge in [-0.2, -0.15) is 0 Å². The number of carbonyl (C=O) groups excluding carboxylic acids is 1. The van der Waals surface area contributed by atoms with E-state index < -0.39 is 6.16 Å². The van der Waals surface area contributed by atoms with E-state index in [2.05, 4.69) is 0 Å². The van der Waals surface area contributed by atoms with Crippen molar-refractivity contribution < 1.29 is 27.4 Å². The molecule has 0 saturated heterocycles. The minimum atomic E-state index is -2.33. The molecule has 0 spiro atoms. The van der Waals surface area contributed by atoms with Crippen molar-refractivity contribution in [3.8, 4) is 0 Å². The molecular formula is CClO3-3. The van der Waals surface area contributed by atoms with Crippen molar-refractivity contribution in [3.63, 3.8) is 0 Å². The lowest BCUT2D eigenvalue weighted by Gasteiger charge is -1.96. The average molecular weight is 95.5 g/mol. The van der Waals surface area contributed by atoms with Crippen LogP contribution in [0.1, 0.15) is 0 Å². The zero-order valence-electron chi connectivity index (χ0n) is 2.10. The molecule has 0 aliphatic rings. The number of hydrogen-bond acceptors (Lipinski definition) is 3. The van der Waals surface area contributed by atoms with Crippen LogP contribution in [0.4, 0.5) is 4.79 Å². The standard InChI is InChI=1S/CH2O3.ClH/c2-1(3)4;/h(H2,2,3,4);1H/p-3. The summed E-state index contributed by atoms with van der Waals surface area (Å²) in [4.78, 5) is 8.33. The van der Waals surface area contributed by atoms with Crippen LogP contribution >= 0.6 is 0 Å². The second-order valence-electron chi connectivity index (χ2n) is 0.250. The van der Waals surface area contributed by atoms with E-state index in [1.54, 1.807) is 0 Å². The highest BCUT2D eigenvalue weighted by Crippen LogP contribution is 1.21. The third kappa shape index (κ3) is 44.8. The summed E-state index contributed by atoms with van der Waals surface area (Å²) < 4.78 is 0. The molecule has 0 bridgehead atoms. The molecule has 0 aromatic carbocycles. The molecule has 0 unspecified atom stereocenters. The minimum absolute atomic E-state index is 0. The third-order valence-electron chi connectivity index (χ3n) is 0. The smallest absolute Gasteiger partial charge is 0.0431 e. The Morgan fingerprint density at radius 2 is 1.40 bits per heavy atom. The molecule has 0 aromatic rings. The van der Waals surface area contributed by atoms with Crippen LogP contribution in [0.3, 0.4) is 0 Å². The van der Waals surface area contributed by atoms with E-state index in [4.69, 9.17) is 15.0 Å². The van der Waals surface area contributed by atoms with Crippen LogP contribution in [0.5, 0.6) is 0 Å². The van der Waals surface area contributed by atoms with Crippen LogP contribution in [0, 0.1) is 0 Å². The van der Waals surface area contributed by atoms with Crippen LogP contribution in [0.15, 0.2) is 0 Å². The monoisotopic (exact) mass is 95.0 g/mol. The molecule has 0 radical (unpaired) electrons. The van der Waals surface area contributed by atoms with Gasteiger partial charge >= 0.3 is 0 Å². The Balaban J connectivity index is 0. The van der Waals surface area contributed by atoms with Gasteiger partial charge < -0.3 is 27.4 Å². The van der Waals surface area contributed by atoms with Crippen molar-refractivity contribution >= 4 is 6.16 Å². The Morgan fingerprint density at radius 3 is 1.40 bits per heavy atom. The normalized spacial score (nSPS) is 4.80. The number of carboxylic acid groups (broad SMARTS) is 2. The van der Waals surface area contributed by atoms with Gasteiger partial charge in [0.25, 0.3) is 0 Å². The van der Waals surface area contributed by atoms with Gasteiger partial charge in [-0.05, 0) is 6.16 Å². The van der Waals surface area contributed by atoms with Gasteiger partial charge in [0, 0.05) is 0 Å². The first kappa shape index (κ1) is 8.82. The molecule has 3 nitrogen and oxygen atoms in total. The van der Waals surface area contributed by atoms with E-state index in [-0.39, 0.29) is 12.4 Å². The Bertz CT molecular complexity index is 29.9.